The van der Waals surface area contributed by atoms with Gasteiger partial charge < -0.3 is 10.1 Å². The molecular formula is C13H14FN3O. The lowest BCUT2D eigenvalue weighted by Crippen LogP contribution is -2.08. The Morgan fingerprint density at radius 3 is 3.00 bits per heavy atom. The molecule has 1 aliphatic carbocycles. The zero-order valence-corrected chi connectivity index (χ0v) is 10.1. The molecule has 0 saturated heterocycles. The zero-order chi connectivity index (χ0) is 12.5. The summed E-state index contributed by atoms with van der Waals surface area (Å²) in [5, 5.41) is 3.27. The molecule has 1 saturated carbocycles. The van der Waals surface area contributed by atoms with Crippen LogP contribution in [0.4, 0.5) is 10.3 Å². The summed E-state index contributed by atoms with van der Waals surface area (Å²) in [7, 11) is 1.56. The van der Waals surface area contributed by atoms with E-state index in [1.54, 1.807) is 36.2 Å². The number of hydrogen-bond donors (Lipinski definition) is 1. The first kappa shape index (κ1) is 11.1. The highest BCUT2D eigenvalue weighted by atomic mass is 19.1. The molecule has 1 aromatic heterocycles. The van der Waals surface area contributed by atoms with Crippen molar-refractivity contribution >= 4 is 5.95 Å². The Morgan fingerprint density at radius 1 is 1.44 bits per heavy atom. The van der Waals surface area contributed by atoms with Crippen molar-refractivity contribution < 1.29 is 9.13 Å². The van der Waals surface area contributed by atoms with Gasteiger partial charge in [-0.25, -0.2) is 9.37 Å². The molecule has 0 unspecified atom stereocenters. The summed E-state index contributed by atoms with van der Waals surface area (Å²) in [6.07, 6.45) is 5.69. The van der Waals surface area contributed by atoms with Crippen LogP contribution in [-0.2, 0) is 0 Å². The molecule has 0 amide bonds. The van der Waals surface area contributed by atoms with Crippen molar-refractivity contribution in [2.75, 3.05) is 12.4 Å². The van der Waals surface area contributed by atoms with Gasteiger partial charge >= 0.3 is 0 Å². The van der Waals surface area contributed by atoms with Crippen LogP contribution < -0.4 is 10.1 Å². The first-order valence-corrected chi connectivity index (χ1v) is 5.92. The molecule has 0 radical (unpaired) electrons. The summed E-state index contributed by atoms with van der Waals surface area (Å²) >= 11 is 0. The van der Waals surface area contributed by atoms with Crippen LogP contribution in [0.25, 0.3) is 5.69 Å². The van der Waals surface area contributed by atoms with Crippen LogP contribution in [0.5, 0.6) is 5.75 Å². The molecule has 1 aliphatic rings. The third kappa shape index (κ3) is 2.03. The lowest BCUT2D eigenvalue weighted by molar-refractivity contribution is 0.413. The molecule has 3 rings (SSSR count). The fourth-order valence-corrected chi connectivity index (χ4v) is 1.82. The van der Waals surface area contributed by atoms with Gasteiger partial charge in [-0.15, -0.1) is 0 Å². The molecule has 1 heterocycles. The number of methoxy groups -OCH3 is 1. The maximum atomic E-state index is 13.9. The minimum atomic E-state index is -0.298. The third-order valence-corrected chi connectivity index (χ3v) is 2.96. The molecule has 94 valence electrons. The molecule has 0 atom stereocenters. The van der Waals surface area contributed by atoms with Crippen molar-refractivity contribution in [3.05, 3.63) is 36.4 Å². The van der Waals surface area contributed by atoms with E-state index >= 15 is 0 Å². The van der Waals surface area contributed by atoms with Gasteiger partial charge in [-0.2, -0.15) is 0 Å². The second kappa shape index (κ2) is 4.33. The van der Waals surface area contributed by atoms with E-state index in [1.807, 2.05) is 0 Å². The van der Waals surface area contributed by atoms with Crippen LogP contribution in [0.1, 0.15) is 12.8 Å². The van der Waals surface area contributed by atoms with Crippen LogP contribution >= 0.6 is 0 Å². The molecule has 1 fully saturated rings. The number of rotatable bonds is 4. The maximum absolute atomic E-state index is 13.9. The highest BCUT2D eigenvalue weighted by Gasteiger charge is 2.23. The normalized spacial score (nSPS) is 14.6. The number of ether oxygens (including phenoxy) is 1. The lowest BCUT2D eigenvalue weighted by Gasteiger charge is -2.11. The van der Waals surface area contributed by atoms with E-state index in [0.717, 1.165) is 12.8 Å². The van der Waals surface area contributed by atoms with Crippen molar-refractivity contribution in [1.82, 2.24) is 9.55 Å². The quantitative estimate of drug-likeness (QED) is 0.902. The standard InChI is InChI=1S/C13H14FN3O/c1-18-10-4-5-11(14)12(8-10)17-7-6-15-13(17)16-9-2-3-9/h4-9H,2-3H2,1H3,(H,15,16). The molecule has 1 aromatic carbocycles. The SMILES string of the molecule is COc1ccc(F)c(-n2ccnc2NC2CC2)c1. The highest BCUT2D eigenvalue weighted by molar-refractivity contribution is 5.47. The number of benzene rings is 1. The van der Waals surface area contributed by atoms with Crippen molar-refractivity contribution in [1.29, 1.82) is 0 Å². The van der Waals surface area contributed by atoms with Gasteiger partial charge in [0.1, 0.15) is 11.6 Å². The van der Waals surface area contributed by atoms with Crippen molar-refractivity contribution in [3.63, 3.8) is 0 Å². The van der Waals surface area contributed by atoms with Crippen molar-refractivity contribution in [2.24, 2.45) is 0 Å². The van der Waals surface area contributed by atoms with Crippen molar-refractivity contribution in [2.45, 2.75) is 18.9 Å². The number of imidazole rings is 1. The summed E-state index contributed by atoms with van der Waals surface area (Å²) in [6, 6.07) is 5.13. The average Bonchev–Trinajstić information content (AvgIpc) is 3.07. The molecule has 2 aromatic rings. The molecule has 0 spiro atoms. The number of halogens is 1. The average molecular weight is 247 g/mol. The molecule has 1 N–H and O–H groups in total. The lowest BCUT2D eigenvalue weighted by atomic mass is 10.3. The summed E-state index contributed by atoms with van der Waals surface area (Å²) < 4.78 is 20.7. The summed E-state index contributed by atoms with van der Waals surface area (Å²) in [5.74, 6) is 0.995. The van der Waals surface area contributed by atoms with Crippen LogP contribution in [0.15, 0.2) is 30.6 Å². The van der Waals surface area contributed by atoms with E-state index in [1.165, 1.54) is 6.07 Å². The highest BCUT2D eigenvalue weighted by Crippen LogP contribution is 2.27. The minimum absolute atomic E-state index is 0.298. The van der Waals surface area contributed by atoms with Gasteiger partial charge in [0.05, 0.1) is 12.8 Å². The first-order chi connectivity index (χ1) is 8.78. The van der Waals surface area contributed by atoms with Gasteiger partial charge in [0, 0.05) is 24.5 Å². The Morgan fingerprint density at radius 2 is 2.28 bits per heavy atom. The molecule has 18 heavy (non-hydrogen) atoms. The van der Waals surface area contributed by atoms with Crippen molar-refractivity contribution in [3.8, 4) is 11.4 Å². The Kier molecular flexibility index (Phi) is 2.66. The number of anilines is 1. The minimum Gasteiger partial charge on any atom is -0.497 e. The van der Waals surface area contributed by atoms with Crippen LogP contribution in [0, 0.1) is 5.82 Å². The van der Waals surface area contributed by atoms with Gasteiger partial charge in [-0.1, -0.05) is 0 Å². The summed E-state index contributed by atoms with van der Waals surface area (Å²) in [4.78, 5) is 4.21. The second-order valence-corrected chi connectivity index (χ2v) is 4.36. The maximum Gasteiger partial charge on any atom is 0.207 e. The van der Waals surface area contributed by atoms with E-state index in [-0.39, 0.29) is 5.82 Å². The van der Waals surface area contributed by atoms with E-state index in [2.05, 4.69) is 10.3 Å². The Hall–Kier alpha value is -2.04. The summed E-state index contributed by atoms with van der Waals surface area (Å²) in [6.45, 7) is 0. The zero-order valence-electron chi connectivity index (χ0n) is 10.1. The fourth-order valence-electron chi connectivity index (χ4n) is 1.82. The van der Waals surface area contributed by atoms with E-state index < -0.39 is 0 Å². The van der Waals surface area contributed by atoms with E-state index in [4.69, 9.17) is 4.74 Å². The van der Waals surface area contributed by atoms with Gasteiger partial charge in [0.15, 0.2) is 0 Å². The molecular weight excluding hydrogens is 233 g/mol. The second-order valence-electron chi connectivity index (χ2n) is 4.36. The van der Waals surface area contributed by atoms with Crippen LogP contribution in [0.3, 0.4) is 0 Å². The fraction of sp³-hybridized carbons (Fsp3) is 0.308. The summed E-state index contributed by atoms with van der Waals surface area (Å²) in [5.41, 5.74) is 0.440. The number of nitrogens with one attached hydrogen (secondary N) is 1. The van der Waals surface area contributed by atoms with Crippen LogP contribution in [0.2, 0.25) is 0 Å². The first-order valence-electron chi connectivity index (χ1n) is 5.92. The van der Waals surface area contributed by atoms with Gasteiger partial charge in [-0.05, 0) is 25.0 Å². The van der Waals surface area contributed by atoms with Gasteiger partial charge in [0.25, 0.3) is 0 Å². The monoisotopic (exact) mass is 247 g/mol. The predicted octanol–water partition coefficient (Wildman–Crippen LogP) is 2.59. The largest absolute Gasteiger partial charge is 0.497 e. The van der Waals surface area contributed by atoms with E-state index in [0.29, 0.717) is 23.4 Å². The van der Waals surface area contributed by atoms with Gasteiger partial charge in [0.2, 0.25) is 5.95 Å². The number of aromatic nitrogens is 2. The third-order valence-electron chi connectivity index (χ3n) is 2.96. The smallest absolute Gasteiger partial charge is 0.207 e. The Balaban J connectivity index is 2.00. The molecule has 5 heteroatoms. The topological polar surface area (TPSA) is 39.1 Å². The number of nitrogens with zero attached hydrogens (tertiary/aromatic N) is 2. The Bertz CT molecular complexity index is 563. The molecule has 0 aliphatic heterocycles. The predicted molar refractivity (Wildman–Crippen MR) is 66.7 cm³/mol. The van der Waals surface area contributed by atoms with Crippen LogP contribution in [-0.4, -0.2) is 22.7 Å². The Labute approximate surface area is 104 Å². The number of hydrogen-bond acceptors (Lipinski definition) is 3. The van der Waals surface area contributed by atoms with E-state index in [9.17, 15) is 4.39 Å². The molecule has 0 bridgehead atoms. The van der Waals surface area contributed by atoms with Gasteiger partial charge in [-0.3, -0.25) is 4.57 Å². The molecule has 4 nitrogen and oxygen atoms in total.